The van der Waals surface area contributed by atoms with E-state index in [1.807, 2.05) is 18.2 Å². The fraction of sp³-hybridized carbons (Fsp3) is 0.562. The first-order chi connectivity index (χ1) is 9.78. The summed E-state index contributed by atoms with van der Waals surface area (Å²) in [5.41, 5.74) is 6.93. The Morgan fingerprint density at radius 3 is 2.60 bits per heavy atom. The molecule has 1 saturated heterocycles. The van der Waals surface area contributed by atoms with Gasteiger partial charge >= 0.3 is 0 Å². The van der Waals surface area contributed by atoms with Crippen LogP contribution < -0.4 is 11.1 Å². The Labute approximate surface area is 121 Å². The Morgan fingerprint density at radius 1 is 1.25 bits per heavy atom. The van der Waals surface area contributed by atoms with Crippen molar-refractivity contribution in [3.63, 3.8) is 0 Å². The predicted molar refractivity (Wildman–Crippen MR) is 81.4 cm³/mol. The number of carbonyl (C=O) groups excluding carboxylic acids is 1. The van der Waals surface area contributed by atoms with Gasteiger partial charge in [-0.1, -0.05) is 30.3 Å². The van der Waals surface area contributed by atoms with Crippen LogP contribution in [0.3, 0.4) is 0 Å². The second-order valence-electron chi connectivity index (χ2n) is 5.54. The van der Waals surface area contributed by atoms with Crippen molar-refractivity contribution >= 4 is 5.91 Å². The number of hydrogen-bond acceptors (Lipinski definition) is 3. The number of likely N-dealkylation sites (tertiary alicyclic amines) is 1. The van der Waals surface area contributed by atoms with Gasteiger partial charge in [-0.05, 0) is 50.4 Å². The zero-order chi connectivity index (χ0) is 14.2. The monoisotopic (exact) mass is 275 g/mol. The van der Waals surface area contributed by atoms with Crippen molar-refractivity contribution in [1.82, 2.24) is 10.2 Å². The van der Waals surface area contributed by atoms with E-state index in [1.54, 1.807) is 0 Å². The van der Waals surface area contributed by atoms with E-state index in [2.05, 4.69) is 22.3 Å². The molecule has 4 nitrogen and oxygen atoms in total. The van der Waals surface area contributed by atoms with Gasteiger partial charge in [0.05, 0.1) is 6.54 Å². The normalized spacial score (nSPS) is 17.1. The molecule has 0 aliphatic carbocycles. The highest BCUT2D eigenvalue weighted by Crippen LogP contribution is 2.15. The second-order valence-corrected chi connectivity index (χ2v) is 5.54. The Kier molecular flexibility index (Phi) is 6.02. The van der Waals surface area contributed by atoms with Crippen molar-refractivity contribution in [2.45, 2.75) is 19.3 Å². The van der Waals surface area contributed by atoms with E-state index in [0.717, 1.165) is 38.9 Å². The van der Waals surface area contributed by atoms with Gasteiger partial charge in [0.2, 0.25) is 5.91 Å². The molecule has 1 heterocycles. The summed E-state index contributed by atoms with van der Waals surface area (Å²) in [6.07, 6.45) is 3.13. The van der Waals surface area contributed by atoms with Gasteiger partial charge in [-0.25, -0.2) is 0 Å². The van der Waals surface area contributed by atoms with Gasteiger partial charge in [-0.15, -0.1) is 0 Å². The number of benzene rings is 1. The molecular formula is C16H25N3O. The highest BCUT2D eigenvalue weighted by Gasteiger charge is 2.19. The lowest BCUT2D eigenvalue weighted by Gasteiger charge is -2.30. The van der Waals surface area contributed by atoms with Crippen molar-refractivity contribution in [2.75, 3.05) is 32.7 Å². The Hall–Kier alpha value is -1.39. The van der Waals surface area contributed by atoms with Crippen molar-refractivity contribution < 1.29 is 4.79 Å². The van der Waals surface area contributed by atoms with Gasteiger partial charge in [0.15, 0.2) is 0 Å². The van der Waals surface area contributed by atoms with Crippen molar-refractivity contribution in [3.05, 3.63) is 35.9 Å². The number of nitrogens with zero attached hydrogens (tertiary/aromatic N) is 1. The van der Waals surface area contributed by atoms with Gasteiger partial charge in [0.1, 0.15) is 0 Å². The van der Waals surface area contributed by atoms with E-state index < -0.39 is 0 Å². The van der Waals surface area contributed by atoms with E-state index in [-0.39, 0.29) is 5.91 Å². The fourth-order valence-corrected chi connectivity index (χ4v) is 2.63. The van der Waals surface area contributed by atoms with Crippen LogP contribution in [0.4, 0.5) is 0 Å². The fourth-order valence-electron chi connectivity index (χ4n) is 2.63. The Morgan fingerprint density at radius 2 is 1.95 bits per heavy atom. The summed E-state index contributed by atoms with van der Waals surface area (Å²) < 4.78 is 0. The molecule has 2 rings (SSSR count). The third kappa shape index (κ3) is 4.94. The molecule has 20 heavy (non-hydrogen) atoms. The highest BCUT2D eigenvalue weighted by molar-refractivity contribution is 5.78. The summed E-state index contributed by atoms with van der Waals surface area (Å²) in [5.74, 6) is 0.777. The van der Waals surface area contributed by atoms with Crippen molar-refractivity contribution in [3.8, 4) is 0 Å². The number of nitrogens with two attached hydrogens (primary N) is 1. The number of nitrogens with one attached hydrogen (secondary N) is 1. The lowest BCUT2D eigenvalue weighted by Crippen LogP contribution is -2.42. The lowest BCUT2D eigenvalue weighted by atomic mass is 9.97. The summed E-state index contributed by atoms with van der Waals surface area (Å²) in [6, 6.07) is 10.2. The summed E-state index contributed by atoms with van der Waals surface area (Å²) >= 11 is 0. The Bertz CT molecular complexity index is 399. The van der Waals surface area contributed by atoms with E-state index in [0.29, 0.717) is 19.0 Å². The zero-order valence-corrected chi connectivity index (χ0v) is 12.1. The van der Waals surface area contributed by atoms with Gasteiger partial charge < -0.3 is 11.1 Å². The highest BCUT2D eigenvalue weighted by atomic mass is 16.2. The minimum atomic E-state index is 0.132. The van der Waals surface area contributed by atoms with E-state index >= 15 is 0 Å². The summed E-state index contributed by atoms with van der Waals surface area (Å²) in [6.45, 7) is 3.99. The maximum absolute atomic E-state index is 11.9. The minimum Gasteiger partial charge on any atom is -0.355 e. The standard InChI is InChI=1S/C16H25N3O/c17-12-15-7-10-19(11-8-15)13-16(20)18-9-6-14-4-2-1-3-5-14/h1-5,15H,6-13,17H2,(H,18,20). The number of hydrogen-bond donors (Lipinski definition) is 2. The molecule has 1 amide bonds. The third-order valence-corrected chi connectivity index (χ3v) is 3.99. The van der Waals surface area contributed by atoms with Crippen LogP contribution in [0, 0.1) is 5.92 Å². The maximum atomic E-state index is 11.9. The SMILES string of the molecule is NCC1CCN(CC(=O)NCCc2ccccc2)CC1. The number of amides is 1. The first-order valence-electron chi connectivity index (χ1n) is 7.51. The van der Waals surface area contributed by atoms with Crippen molar-refractivity contribution in [2.24, 2.45) is 11.7 Å². The van der Waals surface area contributed by atoms with Crippen LogP contribution in [-0.2, 0) is 11.2 Å². The average Bonchev–Trinajstić information content (AvgIpc) is 2.49. The summed E-state index contributed by atoms with van der Waals surface area (Å²) in [7, 11) is 0. The number of rotatable bonds is 6. The molecule has 1 aromatic carbocycles. The molecule has 4 heteroatoms. The van der Waals surface area contributed by atoms with Crippen LogP contribution in [0.25, 0.3) is 0 Å². The molecule has 3 N–H and O–H groups in total. The smallest absolute Gasteiger partial charge is 0.234 e. The molecule has 0 spiro atoms. The van der Waals surface area contributed by atoms with E-state index in [1.165, 1.54) is 5.56 Å². The number of piperidine rings is 1. The molecule has 0 saturated carbocycles. The van der Waals surface area contributed by atoms with E-state index in [4.69, 9.17) is 5.73 Å². The molecule has 0 atom stereocenters. The van der Waals surface area contributed by atoms with Crippen LogP contribution in [0.1, 0.15) is 18.4 Å². The van der Waals surface area contributed by atoms with Gasteiger partial charge in [0.25, 0.3) is 0 Å². The largest absolute Gasteiger partial charge is 0.355 e. The third-order valence-electron chi connectivity index (χ3n) is 3.99. The molecule has 1 aromatic rings. The second kappa shape index (κ2) is 8.02. The zero-order valence-electron chi connectivity index (χ0n) is 12.1. The van der Waals surface area contributed by atoms with Crippen molar-refractivity contribution in [1.29, 1.82) is 0 Å². The van der Waals surface area contributed by atoms with Gasteiger partial charge in [-0.3, -0.25) is 9.69 Å². The average molecular weight is 275 g/mol. The van der Waals surface area contributed by atoms with Gasteiger partial charge in [-0.2, -0.15) is 0 Å². The Balaban J connectivity index is 1.61. The van der Waals surface area contributed by atoms with Gasteiger partial charge in [0, 0.05) is 6.54 Å². The predicted octanol–water partition coefficient (Wildman–Crippen LogP) is 1.02. The first-order valence-corrected chi connectivity index (χ1v) is 7.51. The molecule has 0 bridgehead atoms. The quantitative estimate of drug-likeness (QED) is 0.815. The molecular weight excluding hydrogens is 250 g/mol. The van der Waals surface area contributed by atoms with Crippen LogP contribution in [0.2, 0.25) is 0 Å². The maximum Gasteiger partial charge on any atom is 0.234 e. The summed E-state index contributed by atoms with van der Waals surface area (Å²) in [4.78, 5) is 14.1. The van der Waals surface area contributed by atoms with E-state index in [9.17, 15) is 4.79 Å². The molecule has 1 aliphatic heterocycles. The first kappa shape index (κ1) is 15.0. The molecule has 1 aliphatic rings. The van der Waals surface area contributed by atoms with Crippen LogP contribution in [0.15, 0.2) is 30.3 Å². The number of carbonyl (C=O) groups is 1. The van der Waals surface area contributed by atoms with Crippen LogP contribution in [-0.4, -0.2) is 43.5 Å². The van der Waals surface area contributed by atoms with Crippen LogP contribution >= 0.6 is 0 Å². The molecule has 0 aromatic heterocycles. The lowest BCUT2D eigenvalue weighted by molar-refractivity contribution is -0.122. The molecule has 110 valence electrons. The topological polar surface area (TPSA) is 58.4 Å². The molecule has 0 radical (unpaired) electrons. The minimum absolute atomic E-state index is 0.132. The summed E-state index contributed by atoms with van der Waals surface area (Å²) in [5, 5.41) is 3.00. The molecule has 0 unspecified atom stereocenters. The molecule has 1 fully saturated rings. The van der Waals surface area contributed by atoms with Crippen LogP contribution in [0.5, 0.6) is 0 Å².